The van der Waals surface area contributed by atoms with E-state index in [9.17, 15) is 9.59 Å². The molecule has 1 aliphatic rings. The number of hydrogen-bond donors (Lipinski definition) is 1. The number of ether oxygens (including phenoxy) is 6. The Morgan fingerprint density at radius 3 is 2.61 bits per heavy atom. The van der Waals surface area contributed by atoms with Gasteiger partial charge in [-0.3, -0.25) is 0 Å². The van der Waals surface area contributed by atoms with Gasteiger partial charge in [0.05, 0.1) is 33.0 Å². The maximum Gasteiger partial charge on any atom is 0.412 e. The van der Waals surface area contributed by atoms with E-state index >= 15 is 0 Å². The molecule has 1 saturated heterocycles. The normalized spacial score (nSPS) is 14.5. The number of amides is 1. The molecule has 9 nitrogen and oxygen atoms in total. The lowest BCUT2D eigenvalue weighted by Crippen LogP contribution is -2.30. The zero-order chi connectivity index (χ0) is 23.5. The Bertz CT molecular complexity index is 957. The third-order valence-electron chi connectivity index (χ3n) is 4.55. The summed E-state index contributed by atoms with van der Waals surface area (Å²) in [5.41, 5.74) is 0.351. The summed E-state index contributed by atoms with van der Waals surface area (Å²) in [6.45, 7) is 8.10. The average Bonchev–Trinajstić information content (AvgIpc) is 3.63. The Balaban J connectivity index is 1.27. The number of esters is 1. The lowest BCUT2D eigenvalue weighted by molar-refractivity contribution is -0.140. The maximum absolute atomic E-state index is 12.0. The van der Waals surface area contributed by atoms with E-state index in [1.807, 2.05) is 24.3 Å². The van der Waals surface area contributed by atoms with Crippen molar-refractivity contribution in [1.29, 1.82) is 0 Å². The topological polar surface area (TPSA) is 105 Å². The minimum Gasteiger partial charge on any atom is -0.490 e. The predicted octanol–water partition coefficient (Wildman–Crippen LogP) is 2.86. The lowest BCUT2D eigenvalue weighted by atomic mass is 10.1. The molecule has 1 heterocycles. The van der Waals surface area contributed by atoms with Gasteiger partial charge >= 0.3 is 12.1 Å². The number of rotatable bonds is 14. The Labute approximate surface area is 192 Å². The molecule has 178 valence electrons. The number of fused-ring (bicyclic) bond motifs is 1. The van der Waals surface area contributed by atoms with E-state index in [-0.39, 0.29) is 19.3 Å². The van der Waals surface area contributed by atoms with E-state index in [4.69, 9.17) is 28.4 Å². The fraction of sp³-hybridized carbons (Fsp3) is 0.417. The van der Waals surface area contributed by atoms with Crippen LogP contribution in [-0.2, 0) is 23.7 Å². The molecular formula is C24H29NO8. The van der Waals surface area contributed by atoms with Crippen molar-refractivity contribution in [2.45, 2.75) is 13.0 Å². The zero-order valence-corrected chi connectivity index (χ0v) is 18.7. The Kier molecular flexibility index (Phi) is 9.49. The second-order valence-electron chi connectivity index (χ2n) is 7.36. The number of epoxide rings is 1. The molecule has 1 unspecified atom stereocenters. The molecule has 1 N–H and O–H groups in total. The third-order valence-corrected chi connectivity index (χ3v) is 4.55. The summed E-state index contributed by atoms with van der Waals surface area (Å²) in [7, 11) is 0. The summed E-state index contributed by atoms with van der Waals surface area (Å²) in [6, 6.07) is 11.1. The van der Waals surface area contributed by atoms with Gasteiger partial charge in [-0.15, -0.1) is 0 Å². The molecule has 0 spiro atoms. The van der Waals surface area contributed by atoms with Crippen molar-refractivity contribution in [2.75, 3.05) is 52.8 Å². The van der Waals surface area contributed by atoms with Gasteiger partial charge in [-0.05, 0) is 36.6 Å². The molecule has 0 saturated carbocycles. The van der Waals surface area contributed by atoms with Crippen LogP contribution in [0.4, 0.5) is 4.79 Å². The first-order valence-corrected chi connectivity index (χ1v) is 10.7. The fourth-order valence-corrected chi connectivity index (χ4v) is 2.78. The molecule has 2 aromatic carbocycles. The molecular weight excluding hydrogens is 430 g/mol. The molecule has 1 amide bonds. The molecule has 2 aromatic rings. The van der Waals surface area contributed by atoms with E-state index in [2.05, 4.69) is 11.9 Å². The number of benzene rings is 2. The SMILES string of the molecule is C=C(C)C(=O)OCCOCCOCCNC(=O)Oc1ccc2c(OCC3CO3)cccc2c1. The Morgan fingerprint density at radius 2 is 1.85 bits per heavy atom. The highest BCUT2D eigenvalue weighted by molar-refractivity contribution is 5.90. The summed E-state index contributed by atoms with van der Waals surface area (Å²) in [4.78, 5) is 23.2. The molecule has 0 bridgehead atoms. The van der Waals surface area contributed by atoms with Crippen LogP contribution in [0.25, 0.3) is 10.8 Å². The highest BCUT2D eigenvalue weighted by Gasteiger charge is 2.23. The van der Waals surface area contributed by atoms with Crippen molar-refractivity contribution in [1.82, 2.24) is 5.32 Å². The van der Waals surface area contributed by atoms with Gasteiger partial charge in [-0.25, -0.2) is 9.59 Å². The third kappa shape index (κ3) is 8.72. The van der Waals surface area contributed by atoms with Crippen LogP contribution >= 0.6 is 0 Å². The highest BCUT2D eigenvalue weighted by Crippen LogP contribution is 2.29. The van der Waals surface area contributed by atoms with E-state index in [0.717, 1.165) is 23.1 Å². The van der Waals surface area contributed by atoms with Crippen LogP contribution in [0.3, 0.4) is 0 Å². The monoisotopic (exact) mass is 459 g/mol. The first kappa shape index (κ1) is 24.5. The van der Waals surface area contributed by atoms with Crippen molar-refractivity contribution >= 4 is 22.8 Å². The summed E-state index contributed by atoms with van der Waals surface area (Å²) < 4.78 is 31.9. The van der Waals surface area contributed by atoms with Gasteiger partial charge in [0.2, 0.25) is 0 Å². The lowest BCUT2D eigenvalue weighted by Gasteiger charge is -2.11. The van der Waals surface area contributed by atoms with Crippen LogP contribution in [0.1, 0.15) is 6.92 Å². The fourth-order valence-electron chi connectivity index (χ4n) is 2.78. The van der Waals surface area contributed by atoms with Crippen LogP contribution in [-0.4, -0.2) is 71.0 Å². The molecule has 0 radical (unpaired) electrons. The second-order valence-corrected chi connectivity index (χ2v) is 7.36. The van der Waals surface area contributed by atoms with E-state index < -0.39 is 12.1 Å². The van der Waals surface area contributed by atoms with E-state index in [1.54, 1.807) is 19.1 Å². The summed E-state index contributed by atoms with van der Waals surface area (Å²) in [5.74, 6) is 0.770. The predicted molar refractivity (Wildman–Crippen MR) is 121 cm³/mol. The van der Waals surface area contributed by atoms with Gasteiger partial charge in [0.25, 0.3) is 0 Å². The molecule has 33 heavy (non-hydrogen) atoms. The van der Waals surface area contributed by atoms with Crippen LogP contribution < -0.4 is 14.8 Å². The Hall–Kier alpha value is -3.14. The number of nitrogens with one attached hydrogen (secondary N) is 1. The molecule has 9 heteroatoms. The first-order valence-electron chi connectivity index (χ1n) is 10.7. The van der Waals surface area contributed by atoms with Crippen LogP contribution in [0.15, 0.2) is 48.6 Å². The quantitative estimate of drug-likeness (QED) is 0.199. The van der Waals surface area contributed by atoms with Gasteiger partial charge in [0, 0.05) is 17.5 Å². The van der Waals surface area contributed by atoms with Crippen LogP contribution in [0.5, 0.6) is 11.5 Å². The molecule has 1 aliphatic heterocycles. The summed E-state index contributed by atoms with van der Waals surface area (Å²) in [6.07, 6.45) is -0.381. The number of carbonyl (C=O) groups is 2. The van der Waals surface area contributed by atoms with E-state index in [0.29, 0.717) is 44.3 Å². The minimum atomic E-state index is -0.563. The summed E-state index contributed by atoms with van der Waals surface area (Å²) >= 11 is 0. The highest BCUT2D eigenvalue weighted by atomic mass is 16.6. The van der Waals surface area contributed by atoms with Gasteiger partial charge < -0.3 is 33.7 Å². The molecule has 3 rings (SSSR count). The molecule has 0 aliphatic carbocycles. The second kappa shape index (κ2) is 12.8. The van der Waals surface area contributed by atoms with Crippen molar-refractivity contribution in [3.63, 3.8) is 0 Å². The molecule has 1 atom stereocenters. The van der Waals surface area contributed by atoms with Gasteiger partial charge in [-0.2, -0.15) is 0 Å². The molecule has 0 aromatic heterocycles. The largest absolute Gasteiger partial charge is 0.490 e. The zero-order valence-electron chi connectivity index (χ0n) is 18.7. The van der Waals surface area contributed by atoms with Crippen molar-refractivity contribution in [3.8, 4) is 11.5 Å². The van der Waals surface area contributed by atoms with Gasteiger partial charge in [0.15, 0.2) is 0 Å². The average molecular weight is 459 g/mol. The smallest absolute Gasteiger partial charge is 0.412 e. The maximum atomic E-state index is 12.0. The summed E-state index contributed by atoms with van der Waals surface area (Å²) in [5, 5.41) is 4.48. The van der Waals surface area contributed by atoms with Crippen LogP contribution in [0.2, 0.25) is 0 Å². The van der Waals surface area contributed by atoms with Crippen molar-refractivity contribution in [3.05, 3.63) is 48.6 Å². The number of carbonyl (C=O) groups excluding carboxylic acids is 2. The van der Waals surface area contributed by atoms with Gasteiger partial charge in [0.1, 0.15) is 30.8 Å². The van der Waals surface area contributed by atoms with Crippen LogP contribution in [0, 0.1) is 0 Å². The Morgan fingerprint density at radius 1 is 1.09 bits per heavy atom. The molecule has 1 fully saturated rings. The minimum absolute atomic E-state index is 0.164. The first-order chi connectivity index (χ1) is 16.0. The van der Waals surface area contributed by atoms with Crippen molar-refractivity contribution < 1.29 is 38.0 Å². The van der Waals surface area contributed by atoms with E-state index in [1.165, 1.54) is 0 Å². The van der Waals surface area contributed by atoms with Crippen molar-refractivity contribution in [2.24, 2.45) is 0 Å². The van der Waals surface area contributed by atoms with Gasteiger partial charge in [-0.1, -0.05) is 18.7 Å². The number of hydrogen-bond acceptors (Lipinski definition) is 8. The standard InChI is InChI=1S/C24H29NO8/c1-17(2)23(26)30-13-12-29-11-10-28-9-8-25-24(27)33-19-6-7-21-18(14-19)4-3-5-22(21)32-16-20-15-31-20/h3-7,14,20H,1,8-13,15-16H2,2H3,(H,25,27).